The van der Waals surface area contributed by atoms with Crippen LogP contribution in [0, 0.1) is 23.2 Å². The van der Waals surface area contributed by atoms with Crippen LogP contribution in [0.2, 0.25) is 0 Å². The van der Waals surface area contributed by atoms with Gasteiger partial charge in [0.1, 0.15) is 6.10 Å². The highest BCUT2D eigenvalue weighted by molar-refractivity contribution is 5.72. The van der Waals surface area contributed by atoms with Gasteiger partial charge < -0.3 is 9.84 Å². The summed E-state index contributed by atoms with van der Waals surface area (Å²) in [6.45, 7) is 10.0. The lowest BCUT2D eigenvalue weighted by Crippen LogP contribution is -2.30. The zero-order valence-electron chi connectivity index (χ0n) is 16.6. The van der Waals surface area contributed by atoms with Crippen LogP contribution in [0.15, 0.2) is 35.5 Å². The van der Waals surface area contributed by atoms with Gasteiger partial charge in [0.25, 0.3) is 0 Å². The molecule has 0 radical (unpaired) electrons. The van der Waals surface area contributed by atoms with E-state index in [0.29, 0.717) is 18.8 Å². The Bertz CT molecular complexity index is 641. The molecule has 0 aliphatic heterocycles. The third-order valence-electron chi connectivity index (χ3n) is 5.88. The Hall–Kier alpha value is -1.84. The highest BCUT2D eigenvalue weighted by Gasteiger charge is 2.41. The van der Waals surface area contributed by atoms with Crippen molar-refractivity contribution >= 4 is 11.9 Å². The van der Waals surface area contributed by atoms with E-state index in [1.54, 1.807) is 0 Å². The number of fused-ring (bicyclic) bond motifs is 1. The van der Waals surface area contributed by atoms with Crippen LogP contribution in [-0.2, 0) is 14.3 Å². The topological polar surface area (TPSA) is 63.6 Å². The number of carboxylic acid groups (broad SMARTS) is 1. The minimum absolute atomic E-state index is 0.143. The Morgan fingerprint density at radius 3 is 2.58 bits per heavy atom. The zero-order chi connectivity index (χ0) is 19.5. The Kier molecular flexibility index (Phi) is 6.48. The Morgan fingerprint density at radius 1 is 1.31 bits per heavy atom. The summed E-state index contributed by atoms with van der Waals surface area (Å²) >= 11 is 0. The van der Waals surface area contributed by atoms with Crippen molar-refractivity contribution in [1.29, 1.82) is 0 Å². The van der Waals surface area contributed by atoms with E-state index in [9.17, 15) is 14.7 Å². The first-order valence-corrected chi connectivity index (χ1v) is 9.60. The summed E-state index contributed by atoms with van der Waals surface area (Å²) in [7, 11) is 0. The number of carbonyl (C=O) groups is 2. The van der Waals surface area contributed by atoms with Crippen LogP contribution >= 0.6 is 0 Å². The van der Waals surface area contributed by atoms with E-state index in [-0.39, 0.29) is 23.4 Å². The van der Waals surface area contributed by atoms with Gasteiger partial charge >= 0.3 is 11.9 Å². The molecule has 2 aliphatic carbocycles. The van der Waals surface area contributed by atoms with Crippen LogP contribution in [0.5, 0.6) is 0 Å². The normalized spacial score (nSPS) is 35.5. The molecule has 0 amide bonds. The monoisotopic (exact) mass is 360 g/mol. The fourth-order valence-corrected chi connectivity index (χ4v) is 4.23. The maximum atomic E-state index is 11.7. The summed E-state index contributed by atoms with van der Waals surface area (Å²) in [4.78, 5) is 23.3. The van der Waals surface area contributed by atoms with Gasteiger partial charge in [-0.3, -0.25) is 9.59 Å². The summed E-state index contributed by atoms with van der Waals surface area (Å²) in [5.74, 6) is -0.883. The van der Waals surface area contributed by atoms with Crippen molar-refractivity contribution in [3.05, 3.63) is 35.5 Å². The molecule has 0 spiro atoms. The van der Waals surface area contributed by atoms with Crippen molar-refractivity contribution in [1.82, 2.24) is 0 Å². The number of esters is 1. The minimum atomic E-state index is -0.779. The molecule has 4 atom stereocenters. The standard InChI is InChI=1S/C22H32O4/c1-14(2)18-10-12-22(5)11-9-17(21(24)25)8-6-7-15(3)20(13-19(18)22)26-16(4)23/h7,9-11,14,17,19-20H,6,8,12-13H2,1-5H3,(H,24,25)/b11-9+,15-7+/t17?,19-,20+,22-/m1/s1. The molecule has 2 rings (SSSR count). The predicted molar refractivity (Wildman–Crippen MR) is 103 cm³/mol. The first-order valence-electron chi connectivity index (χ1n) is 9.60. The first kappa shape index (κ1) is 20.5. The second kappa shape index (κ2) is 8.24. The molecule has 4 nitrogen and oxygen atoms in total. The number of hydrogen-bond acceptors (Lipinski definition) is 3. The zero-order valence-corrected chi connectivity index (χ0v) is 16.6. The van der Waals surface area contributed by atoms with Crippen LogP contribution in [0.1, 0.15) is 60.3 Å². The van der Waals surface area contributed by atoms with Crippen molar-refractivity contribution in [3.63, 3.8) is 0 Å². The number of ether oxygens (including phenoxy) is 1. The molecular weight excluding hydrogens is 328 g/mol. The fraction of sp³-hybridized carbons (Fsp3) is 0.636. The maximum Gasteiger partial charge on any atom is 0.310 e. The Labute approximate surface area is 157 Å². The molecular formula is C22H32O4. The van der Waals surface area contributed by atoms with E-state index in [1.165, 1.54) is 12.5 Å². The first-order chi connectivity index (χ1) is 12.1. The fourth-order valence-electron chi connectivity index (χ4n) is 4.23. The second-order valence-corrected chi connectivity index (χ2v) is 8.28. The van der Waals surface area contributed by atoms with Gasteiger partial charge in [-0.25, -0.2) is 0 Å². The smallest absolute Gasteiger partial charge is 0.310 e. The van der Waals surface area contributed by atoms with E-state index in [2.05, 4.69) is 32.9 Å². The number of hydrogen-bond donors (Lipinski definition) is 1. The number of rotatable bonds is 3. The molecule has 0 fully saturated rings. The quantitative estimate of drug-likeness (QED) is 0.573. The van der Waals surface area contributed by atoms with Crippen molar-refractivity contribution in [3.8, 4) is 0 Å². The summed E-state index contributed by atoms with van der Waals surface area (Å²) < 4.78 is 5.66. The van der Waals surface area contributed by atoms with E-state index in [4.69, 9.17) is 4.74 Å². The van der Waals surface area contributed by atoms with Crippen LogP contribution in [0.3, 0.4) is 0 Å². The molecule has 4 heteroatoms. The van der Waals surface area contributed by atoms with Crippen LogP contribution < -0.4 is 0 Å². The minimum Gasteiger partial charge on any atom is -0.481 e. The summed E-state index contributed by atoms with van der Waals surface area (Å²) in [5.41, 5.74) is 2.26. The molecule has 0 aromatic carbocycles. The maximum absolute atomic E-state index is 11.7. The molecule has 0 aromatic heterocycles. The lowest BCUT2D eigenvalue weighted by Gasteiger charge is -2.35. The van der Waals surface area contributed by atoms with E-state index >= 15 is 0 Å². The molecule has 144 valence electrons. The number of carboxylic acids is 1. The average molecular weight is 360 g/mol. The van der Waals surface area contributed by atoms with Gasteiger partial charge in [-0.1, -0.05) is 50.6 Å². The molecule has 0 bridgehead atoms. The predicted octanol–water partition coefficient (Wildman–Crippen LogP) is 4.91. The molecule has 2 aliphatic rings. The average Bonchev–Trinajstić information content (AvgIpc) is 2.85. The van der Waals surface area contributed by atoms with Gasteiger partial charge in [0.05, 0.1) is 5.92 Å². The molecule has 0 saturated heterocycles. The van der Waals surface area contributed by atoms with E-state index < -0.39 is 11.9 Å². The van der Waals surface area contributed by atoms with Crippen molar-refractivity contribution in [2.75, 3.05) is 0 Å². The Balaban J connectivity index is 2.45. The lowest BCUT2D eigenvalue weighted by atomic mass is 9.71. The van der Waals surface area contributed by atoms with Crippen LogP contribution in [-0.4, -0.2) is 23.1 Å². The molecule has 1 N–H and O–H groups in total. The van der Waals surface area contributed by atoms with Gasteiger partial charge in [0.2, 0.25) is 0 Å². The van der Waals surface area contributed by atoms with Gasteiger partial charge in [0.15, 0.2) is 0 Å². The van der Waals surface area contributed by atoms with E-state index in [0.717, 1.165) is 18.4 Å². The number of allylic oxidation sites excluding steroid dienone is 4. The second-order valence-electron chi connectivity index (χ2n) is 8.28. The third kappa shape index (κ3) is 4.66. The summed E-state index contributed by atoms with van der Waals surface area (Å²) in [6, 6.07) is 0. The number of carbonyl (C=O) groups excluding carboxylic acids is 1. The highest BCUT2D eigenvalue weighted by Crippen LogP contribution is 2.49. The van der Waals surface area contributed by atoms with Crippen molar-refractivity contribution in [2.24, 2.45) is 23.2 Å². The van der Waals surface area contributed by atoms with Crippen molar-refractivity contribution in [2.45, 2.75) is 66.4 Å². The third-order valence-corrected chi connectivity index (χ3v) is 5.88. The number of aliphatic carboxylic acids is 1. The summed E-state index contributed by atoms with van der Waals surface area (Å²) in [5, 5.41) is 9.53. The largest absolute Gasteiger partial charge is 0.481 e. The van der Waals surface area contributed by atoms with Gasteiger partial charge in [0, 0.05) is 6.92 Å². The lowest BCUT2D eigenvalue weighted by molar-refractivity contribution is -0.145. The van der Waals surface area contributed by atoms with Crippen molar-refractivity contribution < 1.29 is 19.4 Å². The Morgan fingerprint density at radius 2 is 2.00 bits per heavy atom. The SMILES string of the molecule is CC(=O)O[C@H]1C[C@@H]2C(C(C)C)=CC[C@@]2(C)/C=C/C(C(=O)O)CC/C=C/1C. The van der Waals surface area contributed by atoms with Gasteiger partial charge in [-0.05, 0) is 55.4 Å². The molecule has 0 saturated carbocycles. The highest BCUT2D eigenvalue weighted by atomic mass is 16.5. The summed E-state index contributed by atoms with van der Waals surface area (Å²) in [6.07, 6.45) is 10.9. The van der Waals surface area contributed by atoms with E-state index in [1.807, 2.05) is 19.1 Å². The molecule has 26 heavy (non-hydrogen) atoms. The van der Waals surface area contributed by atoms with Gasteiger partial charge in [-0.15, -0.1) is 0 Å². The van der Waals surface area contributed by atoms with Crippen LogP contribution in [0.4, 0.5) is 0 Å². The van der Waals surface area contributed by atoms with Gasteiger partial charge in [-0.2, -0.15) is 0 Å². The molecule has 1 unspecified atom stereocenters. The molecule has 0 heterocycles. The molecule has 0 aromatic rings. The van der Waals surface area contributed by atoms with Crippen LogP contribution in [0.25, 0.3) is 0 Å².